The normalized spacial score (nSPS) is 28.2. The molecule has 1 aromatic carbocycles. The van der Waals surface area contributed by atoms with E-state index in [1.165, 1.54) is 0 Å². The van der Waals surface area contributed by atoms with Crippen molar-refractivity contribution in [3.05, 3.63) is 29.0 Å². The van der Waals surface area contributed by atoms with Crippen LogP contribution < -0.4 is 5.32 Å². The quantitative estimate of drug-likeness (QED) is 0.914. The summed E-state index contributed by atoms with van der Waals surface area (Å²) in [5, 5.41) is 3.72. The molecule has 4 rings (SSSR count). The minimum absolute atomic E-state index is 0.0139. The zero-order valence-corrected chi connectivity index (χ0v) is 13.1. The van der Waals surface area contributed by atoms with Gasteiger partial charge in [-0.15, -0.1) is 0 Å². The van der Waals surface area contributed by atoms with Crippen molar-refractivity contribution in [3.63, 3.8) is 0 Å². The molecule has 2 aromatic rings. The number of ether oxygens (including phenoxy) is 1. The topological polar surface area (TPSA) is 67.0 Å². The molecule has 2 N–H and O–H groups in total. The Balaban J connectivity index is 1.48. The summed E-state index contributed by atoms with van der Waals surface area (Å²) in [6, 6.07) is 5.35. The van der Waals surface area contributed by atoms with Crippen LogP contribution in [0.15, 0.2) is 18.2 Å². The molecule has 2 fully saturated rings. The van der Waals surface area contributed by atoms with E-state index in [2.05, 4.69) is 15.3 Å². The number of fused-ring (bicyclic) bond motifs is 3. The summed E-state index contributed by atoms with van der Waals surface area (Å²) >= 11 is 5.98. The Labute approximate surface area is 133 Å². The summed E-state index contributed by atoms with van der Waals surface area (Å²) in [6.45, 7) is 1.94. The lowest BCUT2D eigenvalue weighted by atomic mass is 9.88. The summed E-state index contributed by atoms with van der Waals surface area (Å²) in [7, 11) is 0. The maximum atomic E-state index is 12.4. The van der Waals surface area contributed by atoms with Gasteiger partial charge < -0.3 is 15.0 Å². The average Bonchev–Trinajstić information content (AvgIpc) is 3.20. The van der Waals surface area contributed by atoms with Crippen LogP contribution in [0.5, 0.6) is 0 Å². The lowest BCUT2D eigenvalue weighted by Gasteiger charge is -2.20. The third-order valence-corrected chi connectivity index (χ3v) is 4.91. The number of benzene rings is 1. The van der Waals surface area contributed by atoms with Gasteiger partial charge in [0.25, 0.3) is 0 Å². The van der Waals surface area contributed by atoms with Gasteiger partial charge in [0.05, 0.1) is 35.2 Å². The molecule has 0 aliphatic carbocycles. The first-order valence-electron chi connectivity index (χ1n) is 7.71. The number of hydrogen-bond acceptors (Lipinski definition) is 3. The maximum Gasteiger partial charge on any atom is 0.226 e. The van der Waals surface area contributed by atoms with E-state index in [9.17, 15) is 4.79 Å². The van der Waals surface area contributed by atoms with E-state index in [0.717, 1.165) is 36.1 Å². The van der Waals surface area contributed by atoms with Gasteiger partial charge in [0, 0.05) is 5.02 Å². The van der Waals surface area contributed by atoms with Crippen LogP contribution in [0.25, 0.3) is 11.0 Å². The van der Waals surface area contributed by atoms with Gasteiger partial charge in [0.1, 0.15) is 5.82 Å². The molecule has 2 aliphatic heterocycles. The van der Waals surface area contributed by atoms with Crippen molar-refractivity contribution < 1.29 is 9.53 Å². The summed E-state index contributed by atoms with van der Waals surface area (Å²) in [6.07, 6.45) is 3.32. The van der Waals surface area contributed by atoms with E-state index in [1.54, 1.807) is 0 Å². The molecule has 2 bridgehead atoms. The van der Waals surface area contributed by atoms with Crippen LogP contribution in [0.3, 0.4) is 0 Å². The second-order valence-electron chi connectivity index (χ2n) is 6.23. The van der Waals surface area contributed by atoms with Crippen molar-refractivity contribution in [1.29, 1.82) is 0 Å². The van der Waals surface area contributed by atoms with Gasteiger partial charge >= 0.3 is 0 Å². The zero-order valence-electron chi connectivity index (χ0n) is 12.3. The highest BCUT2D eigenvalue weighted by Gasteiger charge is 2.44. The highest BCUT2D eigenvalue weighted by Crippen LogP contribution is 2.39. The van der Waals surface area contributed by atoms with Crippen molar-refractivity contribution in [2.45, 2.75) is 44.4 Å². The Hall–Kier alpha value is -1.59. The van der Waals surface area contributed by atoms with E-state index in [1.807, 2.05) is 25.1 Å². The van der Waals surface area contributed by atoms with Crippen LogP contribution in [0.4, 0.5) is 0 Å². The molecule has 116 valence electrons. The maximum absolute atomic E-state index is 12.4. The Morgan fingerprint density at radius 2 is 2.36 bits per heavy atom. The van der Waals surface area contributed by atoms with Gasteiger partial charge in [0.2, 0.25) is 5.91 Å². The number of nitrogens with one attached hydrogen (secondary N) is 2. The molecule has 1 aromatic heterocycles. The molecule has 2 aliphatic rings. The largest absolute Gasteiger partial charge is 0.374 e. The van der Waals surface area contributed by atoms with Crippen molar-refractivity contribution in [1.82, 2.24) is 15.3 Å². The molecular formula is C16H18ClN3O2. The van der Waals surface area contributed by atoms with E-state index < -0.39 is 0 Å². The molecule has 3 heterocycles. The molecule has 22 heavy (non-hydrogen) atoms. The number of nitrogens with zero attached hydrogens (tertiary/aromatic N) is 1. The standard InChI is InChI=1S/C16H18ClN3O2/c1-8(15-19-12-4-2-9(17)6-13(12)20-15)18-16(21)11-7-10-3-5-14(11)22-10/h2,4,6,8,10-11,14H,3,5,7H2,1H3,(H,18,21)(H,19,20)/t8-,10+,11+,14+/m0/s1. The number of rotatable bonds is 3. The minimum Gasteiger partial charge on any atom is -0.374 e. The fraction of sp³-hybridized carbons (Fsp3) is 0.500. The molecule has 4 atom stereocenters. The van der Waals surface area contributed by atoms with Gasteiger partial charge in [-0.2, -0.15) is 0 Å². The van der Waals surface area contributed by atoms with Crippen LogP contribution in [0.1, 0.15) is 38.1 Å². The number of amides is 1. The van der Waals surface area contributed by atoms with Crippen molar-refractivity contribution in [2.75, 3.05) is 0 Å². The van der Waals surface area contributed by atoms with Gasteiger partial charge in [-0.3, -0.25) is 4.79 Å². The number of carbonyl (C=O) groups excluding carboxylic acids is 1. The monoisotopic (exact) mass is 319 g/mol. The van der Waals surface area contributed by atoms with Gasteiger partial charge in [0.15, 0.2) is 0 Å². The summed E-state index contributed by atoms with van der Waals surface area (Å²) < 4.78 is 5.76. The van der Waals surface area contributed by atoms with Crippen molar-refractivity contribution >= 4 is 28.5 Å². The van der Waals surface area contributed by atoms with Crippen LogP contribution >= 0.6 is 11.6 Å². The molecule has 5 nitrogen and oxygen atoms in total. The highest BCUT2D eigenvalue weighted by molar-refractivity contribution is 6.31. The summed E-state index contributed by atoms with van der Waals surface area (Å²) in [4.78, 5) is 20.2. The van der Waals surface area contributed by atoms with E-state index in [0.29, 0.717) is 5.02 Å². The second kappa shape index (κ2) is 5.25. The predicted octanol–water partition coefficient (Wildman–Crippen LogP) is 2.96. The van der Waals surface area contributed by atoms with E-state index in [-0.39, 0.29) is 30.1 Å². The molecule has 0 saturated carbocycles. The first-order valence-corrected chi connectivity index (χ1v) is 8.09. The van der Waals surface area contributed by atoms with Crippen LogP contribution in [0.2, 0.25) is 5.02 Å². The number of H-pyrrole nitrogens is 1. The molecule has 0 radical (unpaired) electrons. The third-order valence-electron chi connectivity index (χ3n) is 4.67. The average molecular weight is 320 g/mol. The molecule has 1 amide bonds. The van der Waals surface area contributed by atoms with E-state index in [4.69, 9.17) is 16.3 Å². The molecule has 6 heteroatoms. The van der Waals surface area contributed by atoms with Gasteiger partial charge in [-0.05, 0) is 44.4 Å². The first-order chi connectivity index (χ1) is 10.6. The number of aromatic amines is 1. The Kier molecular flexibility index (Phi) is 3.35. The minimum atomic E-state index is -0.169. The third kappa shape index (κ3) is 2.38. The van der Waals surface area contributed by atoms with Crippen LogP contribution in [-0.2, 0) is 9.53 Å². The highest BCUT2D eigenvalue weighted by atomic mass is 35.5. The summed E-state index contributed by atoms with van der Waals surface area (Å²) in [5.41, 5.74) is 1.73. The Morgan fingerprint density at radius 3 is 3.09 bits per heavy atom. The fourth-order valence-corrected chi connectivity index (χ4v) is 3.68. The molecule has 2 saturated heterocycles. The Morgan fingerprint density at radius 1 is 1.50 bits per heavy atom. The number of imidazole rings is 1. The smallest absolute Gasteiger partial charge is 0.226 e. The SMILES string of the molecule is C[C@H](NC(=O)[C@@H]1C[C@H]2CC[C@H]1O2)c1nc2ccc(Cl)cc2[nH]1. The van der Waals surface area contributed by atoms with Crippen LogP contribution in [0, 0.1) is 5.92 Å². The Bertz CT molecular complexity index is 729. The van der Waals surface area contributed by atoms with Gasteiger partial charge in [-0.25, -0.2) is 4.98 Å². The first kappa shape index (κ1) is 14.0. The molecule has 0 unspecified atom stereocenters. The molecule has 0 spiro atoms. The lowest BCUT2D eigenvalue weighted by Crippen LogP contribution is -2.37. The number of halogens is 1. The fourth-order valence-electron chi connectivity index (χ4n) is 3.51. The lowest BCUT2D eigenvalue weighted by molar-refractivity contribution is -0.127. The van der Waals surface area contributed by atoms with Crippen LogP contribution in [-0.4, -0.2) is 28.1 Å². The van der Waals surface area contributed by atoms with Crippen molar-refractivity contribution in [2.24, 2.45) is 5.92 Å². The number of hydrogen-bond donors (Lipinski definition) is 2. The van der Waals surface area contributed by atoms with Gasteiger partial charge in [-0.1, -0.05) is 11.6 Å². The van der Waals surface area contributed by atoms with Crippen molar-refractivity contribution in [3.8, 4) is 0 Å². The second-order valence-corrected chi connectivity index (χ2v) is 6.67. The number of aromatic nitrogens is 2. The molecular weight excluding hydrogens is 302 g/mol. The predicted molar refractivity (Wildman–Crippen MR) is 83.7 cm³/mol. The summed E-state index contributed by atoms with van der Waals surface area (Å²) in [5.74, 6) is 0.799. The number of carbonyl (C=O) groups is 1. The van der Waals surface area contributed by atoms with E-state index >= 15 is 0 Å². The zero-order chi connectivity index (χ0) is 15.3.